The van der Waals surface area contributed by atoms with E-state index in [1.807, 2.05) is 4.90 Å². The van der Waals surface area contributed by atoms with Crippen molar-refractivity contribution in [3.8, 4) is 0 Å². The van der Waals surface area contributed by atoms with E-state index in [-0.39, 0.29) is 11.1 Å². The first-order valence-corrected chi connectivity index (χ1v) is 7.72. The molecule has 0 aliphatic carbocycles. The molecule has 1 amide bonds. The minimum Gasteiger partial charge on any atom is -0.450 e. The Kier molecular flexibility index (Phi) is 5.79. The van der Waals surface area contributed by atoms with E-state index in [4.69, 9.17) is 28.6 Å². The molecule has 0 radical (unpaired) electrons. The Bertz CT molecular complexity index is 565. The molecule has 0 saturated carbocycles. The molecule has 0 aromatic heterocycles. The second kappa shape index (κ2) is 7.60. The molecule has 0 spiro atoms. The summed E-state index contributed by atoms with van der Waals surface area (Å²) in [6.45, 7) is 4.46. The Morgan fingerprint density at radius 1 is 1.36 bits per heavy atom. The van der Waals surface area contributed by atoms with Crippen LogP contribution in [0.5, 0.6) is 0 Å². The predicted molar refractivity (Wildman–Crippen MR) is 87.8 cm³/mol. The molecule has 1 heterocycles. The second-order valence-electron chi connectivity index (χ2n) is 4.73. The van der Waals surface area contributed by atoms with Gasteiger partial charge in [-0.25, -0.2) is 9.18 Å². The first kappa shape index (κ1) is 16.8. The fourth-order valence-corrected chi connectivity index (χ4v) is 2.56. The molecule has 22 heavy (non-hydrogen) atoms. The summed E-state index contributed by atoms with van der Waals surface area (Å²) in [5, 5.41) is 3.58. The topological polar surface area (TPSA) is 44.8 Å². The van der Waals surface area contributed by atoms with Crippen molar-refractivity contribution in [1.29, 1.82) is 0 Å². The van der Waals surface area contributed by atoms with Crippen molar-refractivity contribution >= 4 is 40.7 Å². The molecule has 1 aromatic carbocycles. The molecule has 5 nitrogen and oxygen atoms in total. The summed E-state index contributed by atoms with van der Waals surface area (Å²) in [7, 11) is 0. The van der Waals surface area contributed by atoms with E-state index in [1.165, 1.54) is 12.1 Å². The molecule has 1 aliphatic heterocycles. The number of hydrogen-bond donors (Lipinski definition) is 1. The largest absolute Gasteiger partial charge is 0.450 e. The Hall–Kier alpha value is -1.60. The lowest BCUT2D eigenvalue weighted by molar-refractivity contribution is 0.0923. The van der Waals surface area contributed by atoms with Gasteiger partial charge in [-0.1, -0.05) is 11.6 Å². The number of ether oxygens (including phenoxy) is 1. The number of carbonyl (C=O) groups is 1. The van der Waals surface area contributed by atoms with Crippen LogP contribution in [0.25, 0.3) is 0 Å². The van der Waals surface area contributed by atoms with Crippen LogP contribution in [0.2, 0.25) is 5.02 Å². The fraction of sp³-hybridized carbons (Fsp3) is 0.429. The normalized spacial score (nSPS) is 14.7. The number of rotatable bonds is 2. The molecule has 120 valence electrons. The molecular weight excluding hydrogens is 329 g/mol. The lowest BCUT2D eigenvalue weighted by atomic mass is 10.3. The van der Waals surface area contributed by atoms with Gasteiger partial charge in [0.25, 0.3) is 0 Å². The van der Waals surface area contributed by atoms with Gasteiger partial charge in [-0.05, 0) is 37.3 Å². The van der Waals surface area contributed by atoms with Crippen LogP contribution in [0.3, 0.4) is 0 Å². The molecule has 1 aromatic rings. The number of piperazine rings is 1. The van der Waals surface area contributed by atoms with Crippen molar-refractivity contribution in [1.82, 2.24) is 9.80 Å². The van der Waals surface area contributed by atoms with Gasteiger partial charge < -0.3 is 19.9 Å². The van der Waals surface area contributed by atoms with Crippen molar-refractivity contribution in [3.05, 3.63) is 29.0 Å². The van der Waals surface area contributed by atoms with Crippen molar-refractivity contribution < 1.29 is 13.9 Å². The number of hydrogen-bond acceptors (Lipinski definition) is 3. The zero-order valence-corrected chi connectivity index (χ0v) is 13.7. The SMILES string of the molecule is CCOC(=O)N1CCN(C(=S)Nc2ccc(F)c(Cl)c2)CC1. The third-order valence-electron chi connectivity index (χ3n) is 3.26. The van der Waals surface area contributed by atoms with Crippen molar-refractivity contribution in [2.45, 2.75) is 6.92 Å². The summed E-state index contributed by atoms with van der Waals surface area (Å²) in [4.78, 5) is 15.2. The van der Waals surface area contributed by atoms with Crippen LogP contribution < -0.4 is 5.32 Å². The van der Waals surface area contributed by atoms with Crippen molar-refractivity contribution in [3.63, 3.8) is 0 Å². The van der Waals surface area contributed by atoms with Gasteiger partial charge in [-0.3, -0.25) is 0 Å². The van der Waals surface area contributed by atoms with Gasteiger partial charge in [0.2, 0.25) is 0 Å². The Morgan fingerprint density at radius 3 is 2.59 bits per heavy atom. The monoisotopic (exact) mass is 345 g/mol. The summed E-state index contributed by atoms with van der Waals surface area (Å²) >= 11 is 11.1. The fourth-order valence-electron chi connectivity index (χ4n) is 2.08. The number of carbonyl (C=O) groups excluding carboxylic acids is 1. The highest BCUT2D eigenvalue weighted by atomic mass is 35.5. The summed E-state index contributed by atoms with van der Waals surface area (Å²) in [6.07, 6.45) is -0.300. The first-order valence-electron chi connectivity index (χ1n) is 6.94. The lowest BCUT2D eigenvalue weighted by Gasteiger charge is -2.35. The number of thiocarbonyl (C=S) groups is 1. The zero-order chi connectivity index (χ0) is 16.1. The highest BCUT2D eigenvalue weighted by Crippen LogP contribution is 2.20. The Labute approximate surface area is 139 Å². The van der Waals surface area contributed by atoms with Gasteiger partial charge in [0.05, 0.1) is 11.6 Å². The molecular formula is C14H17ClFN3O2S. The van der Waals surface area contributed by atoms with Gasteiger partial charge >= 0.3 is 6.09 Å². The average Bonchev–Trinajstić information content (AvgIpc) is 2.51. The predicted octanol–water partition coefficient (Wildman–Crippen LogP) is 2.95. The molecule has 1 saturated heterocycles. The first-order chi connectivity index (χ1) is 10.5. The van der Waals surface area contributed by atoms with Crippen LogP contribution in [-0.4, -0.2) is 53.8 Å². The molecule has 8 heteroatoms. The Balaban J connectivity index is 1.87. The molecule has 0 atom stereocenters. The number of amides is 1. The number of nitrogens with one attached hydrogen (secondary N) is 1. The molecule has 1 N–H and O–H groups in total. The Morgan fingerprint density at radius 2 is 2.00 bits per heavy atom. The van der Waals surface area contributed by atoms with Crippen LogP contribution in [0.1, 0.15) is 6.92 Å². The number of benzene rings is 1. The van der Waals surface area contributed by atoms with Crippen LogP contribution in [0.15, 0.2) is 18.2 Å². The van der Waals surface area contributed by atoms with E-state index in [1.54, 1.807) is 17.9 Å². The summed E-state index contributed by atoms with van der Waals surface area (Å²) < 4.78 is 18.1. The smallest absolute Gasteiger partial charge is 0.409 e. The van der Waals surface area contributed by atoms with Crippen LogP contribution in [-0.2, 0) is 4.74 Å². The molecule has 0 bridgehead atoms. The van der Waals surface area contributed by atoms with Gasteiger partial charge in [-0.15, -0.1) is 0 Å². The third kappa shape index (κ3) is 4.20. The summed E-state index contributed by atoms with van der Waals surface area (Å²) in [6, 6.07) is 4.34. The minimum atomic E-state index is -0.471. The third-order valence-corrected chi connectivity index (χ3v) is 3.91. The van der Waals surface area contributed by atoms with Crippen LogP contribution in [0, 0.1) is 5.82 Å². The number of anilines is 1. The maximum atomic E-state index is 13.1. The summed E-state index contributed by atoms with van der Waals surface area (Å²) in [5.41, 5.74) is 0.629. The van der Waals surface area contributed by atoms with E-state index >= 15 is 0 Å². The van der Waals surface area contributed by atoms with Crippen LogP contribution >= 0.6 is 23.8 Å². The standard InChI is InChI=1S/C14H17ClFN3O2S/c1-2-21-14(20)19-7-5-18(6-8-19)13(22)17-10-3-4-12(16)11(15)9-10/h3-4,9H,2,5-8H2,1H3,(H,17,22). The van der Waals surface area contributed by atoms with Gasteiger partial charge in [0.15, 0.2) is 5.11 Å². The molecule has 1 aliphatic rings. The van der Waals surface area contributed by atoms with E-state index in [2.05, 4.69) is 5.32 Å². The van der Waals surface area contributed by atoms with E-state index in [0.717, 1.165) is 0 Å². The lowest BCUT2D eigenvalue weighted by Crippen LogP contribution is -2.51. The molecule has 2 rings (SSSR count). The minimum absolute atomic E-state index is 0.0416. The van der Waals surface area contributed by atoms with E-state index in [9.17, 15) is 9.18 Å². The molecule has 1 fully saturated rings. The second-order valence-corrected chi connectivity index (χ2v) is 5.53. The highest BCUT2D eigenvalue weighted by Gasteiger charge is 2.23. The number of halogens is 2. The zero-order valence-electron chi connectivity index (χ0n) is 12.1. The summed E-state index contributed by atoms with van der Waals surface area (Å²) in [5.74, 6) is -0.471. The van der Waals surface area contributed by atoms with Gasteiger partial charge in [0.1, 0.15) is 5.82 Å². The number of nitrogens with zero attached hydrogens (tertiary/aromatic N) is 2. The maximum Gasteiger partial charge on any atom is 0.409 e. The molecule has 0 unspecified atom stereocenters. The average molecular weight is 346 g/mol. The van der Waals surface area contributed by atoms with Crippen LogP contribution in [0.4, 0.5) is 14.9 Å². The van der Waals surface area contributed by atoms with Crippen molar-refractivity contribution in [2.24, 2.45) is 0 Å². The van der Waals surface area contributed by atoms with Crippen molar-refractivity contribution in [2.75, 3.05) is 38.1 Å². The maximum absolute atomic E-state index is 13.1. The van der Waals surface area contributed by atoms with E-state index in [0.29, 0.717) is 43.6 Å². The quantitative estimate of drug-likeness (QED) is 0.835. The highest BCUT2D eigenvalue weighted by molar-refractivity contribution is 7.80. The van der Waals surface area contributed by atoms with Gasteiger partial charge in [-0.2, -0.15) is 0 Å². The van der Waals surface area contributed by atoms with Gasteiger partial charge in [0, 0.05) is 31.9 Å². The van der Waals surface area contributed by atoms with E-state index < -0.39 is 5.82 Å².